The van der Waals surface area contributed by atoms with Crippen molar-refractivity contribution in [2.45, 2.75) is 19.0 Å². The van der Waals surface area contributed by atoms with E-state index < -0.39 is 34.0 Å². The number of sulfonamides is 1. The van der Waals surface area contributed by atoms with E-state index >= 15 is 0 Å². The molecule has 3 N–H and O–H groups in total. The van der Waals surface area contributed by atoms with Gasteiger partial charge in [0.25, 0.3) is 11.8 Å². The number of fused-ring (bicyclic) bond motifs is 1. The Morgan fingerprint density at radius 1 is 0.930 bits per heavy atom. The van der Waals surface area contributed by atoms with Crippen LogP contribution >= 0.6 is 0 Å². The van der Waals surface area contributed by atoms with Crippen molar-refractivity contribution >= 4 is 50.9 Å². The van der Waals surface area contributed by atoms with Crippen LogP contribution in [0, 0.1) is 0 Å². The summed E-state index contributed by atoms with van der Waals surface area (Å²) in [7, 11) is -3.79. The summed E-state index contributed by atoms with van der Waals surface area (Å²) in [5.41, 5.74) is 2.48. The molecule has 0 aromatic heterocycles. The van der Waals surface area contributed by atoms with Gasteiger partial charge in [-0.25, -0.2) is 22.9 Å². The lowest BCUT2D eigenvalue weighted by molar-refractivity contribution is -0.130. The van der Waals surface area contributed by atoms with E-state index in [2.05, 4.69) is 15.6 Å². The number of carbonyl (C=O) groups excluding carboxylic acids is 4. The van der Waals surface area contributed by atoms with E-state index in [9.17, 15) is 27.6 Å². The highest BCUT2D eigenvalue weighted by molar-refractivity contribution is 7.89. The second kappa shape index (κ2) is 12.4. The Balaban J connectivity index is 1.45. The van der Waals surface area contributed by atoms with Crippen LogP contribution < -0.4 is 20.3 Å². The molecule has 3 aromatic rings. The van der Waals surface area contributed by atoms with E-state index in [0.717, 1.165) is 19.1 Å². The molecule has 222 valence electrons. The zero-order valence-electron chi connectivity index (χ0n) is 23.3. The molecule has 3 aromatic carbocycles. The van der Waals surface area contributed by atoms with Crippen LogP contribution in [-0.4, -0.2) is 74.8 Å². The molecule has 5 rings (SSSR count). The van der Waals surface area contributed by atoms with Crippen molar-refractivity contribution in [1.29, 1.82) is 0 Å². The molecule has 0 spiro atoms. The Kier molecular flexibility index (Phi) is 8.53. The normalized spacial score (nSPS) is 16.5. The number of nitrogens with zero attached hydrogens (tertiary/aromatic N) is 3. The monoisotopic (exact) mass is 602 g/mol. The zero-order chi connectivity index (χ0) is 30.6. The van der Waals surface area contributed by atoms with E-state index in [1.807, 2.05) is 47.2 Å². The number of urea groups is 1. The molecule has 1 fully saturated rings. The van der Waals surface area contributed by atoms with Crippen molar-refractivity contribution in [2.75, 3.05) is 36.1 Å². The minimum Gasteiger partial charge on any atom is -0.341 e. The highest BCUT2D eigenvalue weighted by Gasteiger charge is 2.35. The lowest BCUT2D eigenvalue weighted by atomic mass is 10.0. The molecule has 1 saturated heterocycles. The first-order chi connectivity index (χ1) is 20.6. The summed E-state index contributed by atoms with van der Waals surface area (Å²) in [6.07, 6.45) is 1.26. The smallest absolute Gasteiger partial charge is 0.321 e. The second-order valence-corrected chi connectivity index (χ2v) is 11.9. The van der Waals surface area contributed by atoms with Crippen LogP contribution in [0.4, 0.5) is 16.2 Å². The van der Waals surface area contributed by atoms with E-state index in [4.69, 9.17) is 0 Å². The third kappa shape index (κ3) is 7.07. The topological polar surface area (TPSA) is 157 Å². The number of aliphatic imine (C=N–C) groups is 1. The first-order valence-electron chi connectivity index (χ1n) is 13.6. The van der Waals surface area contributed by atoms with Gasteiger partial charge >= 0.3 is 6.03 Å². The summed E-state index contributed by atoms with van der Waals surface area (Å²) in [4.78, 5) is 60.4. The van der Waals surface area contributed by atoms with Crippen LogP contribution in [0.5, 0.6) is 0 Å². The van der Waals surface area contributed by atoms with Crippen LogP contribution in [0.2, 0.25) is 0 Å². The van der Waals surface area contributed by atoms with Crippen LogP contribution in [0.1, 0.15) is 34.3 Å². The van der Waals surface area contributed by atoms with Crippen molar-refractivity contribution in [3.05, 3.63) is 95.6 Å². The molecule has 0 bridgehead atoms. The maximum Gasteiger partial charge on any atom is 0.321 e. The minimum absolute atomic E-state index is 0.000187. The molecule has 1 unspecified atom stereocenters. The Labute approximate surface area is 248 Å². The molecule has 2 aliphatic heterocycles. The second-order valence-electron chi connectivity index (χ2n) is 10.2. The summed E-state index contributed by atoms with van der Waals surface area (Å²) in [6.45, 7) is 1.03. The van der Waals surface area contributed by atoms with Crippen molar-refractivity contribution in [1.82, 2.24) is 14.9 Å². The van der Waals surface area contributed by atoms with Gasteiger partial charge in [0.05, 0.1) is 17.7 Å². The van der Waals surface area contributed by atoms with Gasteiger partial charge in [-0.15, -0.1) is 0 Å². The number of hydrogen-bond acceptors (Lipinski definition) is 7. The molecule has 12 nitrogen and oxygen atoms in total. The maximum absolute atomic E-state index is 14.0. The van der Waals surface area contributed by atoms with Crippen LogP contribution in [0.15, 0.2) is 83.9 Å². The minimum atomic E-state index is -3.79. The number of para-hydroxylation sites is 1. The largest absolute Gasteiger partial charge is 0.341 e. The molecule has 2 aliphatic rings. The lowest BCUT2D eigenvalue weighted by Gasteiger charge is -2.27. The highest BCUT2D eigenvalue weighted by atomic mass is 32.2. The summed E-state index contributed by atoms with van der Waals surface area (Å²) in [5.74, 6) is -1.66. The van der Waals surface area contributed by atoms with Crippen molar-refractivity contribution in [3.63, 3.8) is 0 Å². The van der Waals surface area contributed by atoms with Gasteiger partial charge in [0, 0.05) is 35.5 Å². The van der Waals surface area contributed by atoms with Crippen molar-refractivity contribution in [2.24, 2.45) is 4.99 Å². The average molecular weight is 603 g/mol. The first kappa shape index (κ1) is 29.5. The SMILES string of the molecule is CS(=O)(=O)NC(=O)c1cccc(NC(=O)NC2N=C(c3ccccc3)c3ccccc3N(CC(=O)N3CCCC3)C2=O)c1. The van der Waals surface area contributed by atoms with Gasteiger partial charge in [0.15, 0.2) is 0 Å². The molecule has 0 saturated carbocycles. The number of carbonyl (C=O) groups is 4. The zero-order valence-corrected chi connectivity index (χ0v) is 24.1. The van der Waals surface area contributed by atoms with Gasteiger partial charge in [0.2, 0.25) is 22.1 Å². The predicted molar refractivity (Wildman–Crippen MR) is 161 cm³/mol. The van der Waals surface area contributed by atoms with E-state index in [1.54, 1.807) is 17.0 Å². The number of benzodiazepines with no additional fused rings is 1. The standard InChI is InChI=1S/C30H30N6O6S/c1-43(41,42)34-28(38)21-12-9-13-22(18-21)31-30(40)33-27-29(39)36(19-25(37)35-16-7-8-17-35)24-15-6-5-14-23(24)26(32-27)20-10-3-2-4-11-20/h2-6,9-15,18,27H,7-8,16-17,19H2,1H3,(H,34,38)(H2,31,33,40). The molecular formula is C30H30N6O6S. The average Bonchev–Trinajstić information content (AvgIpc) is 3.50. The van der Waals surface area contributed by atoms with Gasteiger partial charge in [-0.3, -0.25) is 19.3 Å². The third-order valence-electron chi connectivity index (χ3n) is 6.94. The van der Waals surface area contributed by atoms with Crippen LogP contribution in [0.3, 0.4) is 0 Å². The molecule has 2 heterocycles. The quantitative estimate of drug-likeness (QED) is 0.377. The van der Waals surface area contributed by atoms with Gasteiger partial charge in [-0.1, -0.05) is 54.6 Å². The number of likely N-dealkylation sites (tertiary alicyclic amines) is 1. The van der Waals surface area contributed by atoms with Gasteiger partial charge in [-0.2, -0.15) is 0 Å². The number of benzene rings is 3. The van der Waals surface area contributed by atoms with Crippen molar-refractivity contribution < 1.29 is 27.6 Å². The van der Waals surface area contributed by atoms with Crippen molar-refractivity contribution in [3.8, 4) is 0 Å². The number of amides is 5. The predicted octanol–water partition coefficient (Wildman–Crippen LogP) is 2.33. The lowest BCUT2D eigenvalue weighted by Crippen LogP contribution is -2.51. The summed E-state index contributed by atoms with van der Waals surface area (Å²) in [5, 5.41) is 5.17. The Bertz CT molecular complexity index is 1700. The van der Waals surface area contributed by atoms with E-state index in [0.29, 0.717) is 35.6 Å². The first-order valence-corrected chi connectivity index (χ1v) is 15.5. The van der Waals surface area contributed by atoms with E-state index in [-0.39, 0.29) is 23.7 Å². The molecule has 1 atom stereocenters. The van der Waals surface area contributed by atoms with Crippen LogP contribution in [-0.2, 0) is 19.6 Å². The Morgan fingerprint density at radius 2 is 1.63 bits per heavy atom. The maximum atomic E-state index is 14.0. The Morgan fingerprint density at radius 3 is 2.35 bits per heavy atom. The fourth-order valence-corrected chi connectivity index (χ4v) is 5.43. The number of rotatable bonds is 7. The summed E-state index contributed by atoms with van der Waals surface area (Å²) < 4.78 is 24.8. The molecule has 43 heavy (non-hydrogen) atoms. The molecule has 5 amide bonds. The highest BCUT2D eigenvalue weighted by Crippen LogP contribution is 2.28. The van der Waals surface area contributed by atoms with Gasteiger partial charge in [0.1, 0.15) is 6.54 Å². The van der Waals surface area contributed by atoms with Crippen LogP contribution in [0.25, 0.3) is 0 Å². The fourth-order valence-electron chi connectivity index (χ4n) is 4.97. The van der Waals surface area contributed by atoms with E-state index in [1.165, 1.54) is 29.2 Å². The summed E-state index contributed by atoms with van der Waals surface area (Å²) in [6, 6.07) is 21.2. The third-order valence-corrected chi connectivity index (χ3v) is 7.49. The van der Waals surface area contributed by atoms with Gasteiger partial charge < -0.3 is 15.5 Å². The molecule has 0 aliphatic carbocycles. The molecule has 13 heteroatoms. The molecular weight excluding hydrogens is 572 g/mol. The number of nitrogens with one attached hydrogen (secondary N) is 3. The van der Waals surface area contributed by atoms with Gasteiger partial charge in [-0.05, 0) is 37.1 Å². The summed E-state index contributed by atoms with van der Waals surface area (Å²) >= 11 is 0. The fraction of sp³-hybridized carbons (Fsp3) is 0.233. The Hall–Kier alpha value is -5.04. The number of anilines is 2. The molecule has 0 radical (unpaired) electrons. The number of hydrogen-bond donors (Lipinski definition) is 3.